The fourth-order valence-corrected chi connectivity index (χ4v) is 16.8. The van der Waals surface area contributed by atoms with Gasteiger partial charge in [-0.25, -0.2) is 7.78 Å². The van der Waals surface area contributed by atoms with Crippen molar-refractivity contribution in [1.82, 2.24) is 0 Å². The fraction of sp³-hybridized carbons (Fsp3) is 0.900. The third-order valence-electron chi connectivity index (χ3n) is 4.22. The first kappa shape index (κ1) is 15.7. The van der Waals surface area contributed by atoms with E-state index in [1.807, 2.05) is 0 Å². The lowest BCUT2D eigenvalue weighted by Gasteiger charge is -2.65. The van der Waals surface area contributed by atoms with E-state index in [9.17, 15) is 0 Å². The molecular weight excluding hydrogens is 274 g/mol. The highest BCUT2D eigenvalue weighted by atomic mass is 33.2. The van der Waals surface area contributed by atoms with Gasteiger partial charge in [0.1, 0.15) is 0 Å². The summed E-state index contributed by atoms with van der Waals surface area (Å²) in [7, 11) is -0.543. The number of nitrogens with two attached hydrogens (primary N) is 1. The molecule has 0 radical (unpaired) electrons. The van der Waals surface area contributed by atoms with Crippen molar-refractivity contribution >= 4 is 30.3 Å². The van der Waals surface area contributed by atoms with Gasteiger partial charge in [0, 0.05) is 25.8 Å². The molecule has 1 heterocycles. The summed E-state index contributed by atoms with van der Waals surface area (Å²) in [6, 6.07) is 0. The second kappa shape index (κ2) is 4.33. The number of rotatable bonds is 5. The van der Waals surface area contributed by atoms with Gasteiger partial charge in [0.15, 0.2) is 0 Å². The van der Waals surface area contributed by atoms with Crippen LogP contribution in [-0.2, 0) is 13.3 Å². The molecule has 7 heteroatoms. The van der Waals surface area contributed by atoms with Crippen LogP contribution in [0.15, 0.2) is 0 Å². The maximum Gasteiger partial charge on any atom is 0.537 e. The Hall–Kier alpha value is 0.627. The molecule has 0 amide bonds. The monoisotopic (exact) mass is 301 g/mol. The van der Waals surface area contributed by atoms with E-state index in [0.717, 1.165) is 6.42 Å². The Balaban J connectivity index is 3.51. The van der Waals surface area contributed by atoms with E-state index in [2.05, 4.69) is 25.0 Å². The molecule has 0 aromatic heterocycles. The Morgan fingerprint density at radius 1 is 1.12 bits per heavy atom. The van der Waals surface area contributed by atoms with E-state index >= 15 is 0 Å². The van der Waals surface area contributed by atoms with Gasteiger partial charge in [0.25, 0.3) is 0 Å². The van der Waals surface area contributed by atoms with Crippen LogP contribution in [0.25, 0.3) is 0 Å². The average Bonchev–Trinajstić information content (AvgIpc) is 2.23. The van der Waals surface area contributed by atoms with Crippen molar-refractivity contribution in [3.63, 3.8) is 0 Å². The predicted molar refractivity (Wildman–Crippen MR) is 84.3 cm³/mol. The molecule has 1 aliphatic heterocycles. The smallest absolute Gasteiger partial charge is 0.373 e. The zero-order chi connectivity index (χ0) is 13.6. The normalized spacial score (nSPS) is 26.8. The molecule has 0 fully saturated rings. The summed E-state index contributed by atoms with van der Waals surface area (Å²) in [6.07, 6.45) is 10.1. The Kier molecular flexibility index (Phi) is 3.99. The molecule has 2 N–H and O–H groups in total. The Morgan fingerprint density at radius 3 is 1.71 bits per heavy atom. The number of hydrogen-bond donors (Lipinski definition) is 1. The topological polar surface area (TPSA) is 53.7 Å². The predicted octanol–water partition coefficient (Wildman–Crippen LogP) is 1.43. The van der Waals surface area contributed by atoms with Crippen LogP contribution in [-0.4, -0.2) is 65.4 Å². The second-order valence-corrected chi connectivity index (χ2v) is 22.2. The second-order valence-electron chi connectivity index (χ2n) is 5.43. The molecule has 0 saturated heterocycles. The van der Waals surface area contributed by atoms with E-state index < -0.39 is 25.8 Å². The zero-order valence-electron chi connectivity index (χ0n) is 12.0. The van der Waals surface area contributed by atoms with E-state index in [1.54, 1.807) is 21.3 Å². The first-order chi connectivity index (χ1) is 7.57. The minimum Gasteiger partial charge on any atom is -0.373 e. The summed E-state index contributed by atoms with van der Waals surface area (Å²) < 4.78 is 18.3. The first-order valence-corrected chi connectivity index (χ1v) is 13.2. The minimum atomic E-state index is -2.65. The SMILES string of the molecule is CO[Si](OC)(OC)C1=S(C)(C)(S(C)(C)N)CC1. The van der Waals surface area contributed by atoms with E-state index in [1.165, 1.54) is 10.2 Å². The summed E-state index contributed by atoms with van der Waals surface area (Å²) in [5.41, 5.74) is 0. The molecule has 17 heavy (non-hydrogen) atoms. The van der Waals surface area contributed by atoms with E-state index in [-0.39, 0.29) is 0 Å². The summed E-state index contributed by atoms with van der Waals surface area (Å²) in [6.45, 7) is 0. The lowest BCUT2D eigenvalue weighted by molar-refractivity contribution is 0.145. The van der Waals surface area contributed by atoms with Crippen LogP contribution in [0.3, 0.4) is 0 Å². The lowest BCUT2D eigenvalue weighted by Crippen LogP contribution is -2.59. The van der Waals surface area contributed by atoms with Gasteiger partial charge in [0.2, 0.25) is 0 Å². The molecule has 1 rings (SSSR count). The molecule has 0 spiro atoms. The van der Waals surface area contributed by atoms with Crippen molar-refractivity contribution in [2.24, 2.45) is 5.14 Å². The largest absolute Gasteiger partial charge is 0.537 e. The average molecular weight is 302 g/mol. The van der Waals surface area contributed by atoms with Gasteiger partial charge in [-0.15, -0.1) is 0 Å². The highest BCUT2D eigenvalue weighted by Gasteiger charge is 2.56. The van der Waals surface area contributed by atoms with Crippen molar-refractivity contribution in [2.75, 3.05) is 52.1 Å². The zero-order valence-corrected chi connectivity index (χ0v) is 14.7. The van der Waals surface area contributed by atoms with Gasteiger partial charge < -0.3 is 13.3 Å². The van der Waals surface area contributed by atoms with E-state index in [4.69, 9.17) is 18.4 Å². The van der Waals surface area contributed by atoms with Crippen LogP contribution < -0.4 is 5.14 Å². The van der Waals surface area contributed by atoms with Crippen LogP contribution in [0.5, 0.6) is 0 Å². The van der Waals surface area contributed by atoms with Crippen molar-refractivity contribution in [3.05, 3.63) is 0 Å². The minimum absolute atomic E-state index is 1.03. The summed E-state index contributed by atoms with van der Waals surface area (Å²) in [5.74, 6) is 1.18. The maximum absolute atomic E-state index is 6.53. The molecule has 0 aromatic rings. The van der Waals surface area contributed by atoms with Gasteiger partial charge >= 0.3 is 8.80 Å². The lowest BCUT2D eigenvalue weighted by atomic mass is 10.5. The molecule has 4 nitrogen and oxygen atoms in total. The highest BCUT2D eigenvalue weighted by molar-refractivity contribution is 9.14. The Labute approximate surface area is 107 Å². The molecule has 0 aromatic carbocycles. The molecule has 0 bridgehead atoms. The number of hydrogen-bond acceptors (Lipinski definition) is 4. The Bertz CT molecular complexity index is 371. The molecule has 0 saturated carbocycles. The van der Waals surface area contributed by atoms with Crippen LogP contribution >= 0.6 is 17.0 Å². The van der Waals surface area contributed by atoms with E-state index in [0.29, 0.717) is 0 Å². The quantitative estimate of drug-likeness (QED) is 0.474. The molecule has 1 aliphatic rings. The van der Waals surface area contributed by atoms with Crippen molar-refractivity contribution in [2.45, 2.75) is 6.42 Å². The summed E-state index contributed by atoms with van der Waals surface area (Å²) in [5, 5.41) is 6.53. The van der Waals surface area contributed by atoms with Crippen molar-refractivity contribution < 1.29 is 13.3 Å². The van der Waals surface area contributed by atoms with Crippen molar-refractivity contribution in [3.8, 4) is 0 Å². The highest BCUT2D eigenvalue weighted by Crippen LogP contribution is 2.82. The third-order valence-corrected chi connectivity index (χ3v) is 25.2. The maximum atomic E-state index is 6.53. The summed E-state index contributed by atoms with van der Waals surface area (Å²) in [4.78, 5) is 0. The molecule has 0 atom stereocenters. The third kappa shape index (κ3) is 1.96. The standard InChI is InChI=1S/C10H27NO3S2Si/c1-12-17(13-2,14-3)10-8-9-16(10,6,7)15(4,5)11/h8-9,11H2,1-7H3. The van der Waals surface area contributed by atoms with Crippen molar-refractivity contribution in [1.29, 1.82) is 0 Å². The van der Waals surface area contributed by atoms with Gasteiger partial charge in [-0.05, 0) is 37.2 Å². The van der Waals surface area contributed by atoms with Crippen LogP contribution in [0.2, 0.25) is 0 Å². The summed E-state index contributed by atoms with van der Waals surface area (Å²) >= 11 is 0. The van der Waals surface area contributed by atoms with Gasteiger partial charge in [0.05, 0.1) is 0 Å². The van der Waals surface area contributed by atoms with Gasteiger partial charge in [-0.1, -0.05) is 0 Å². The van der Waals surface area contributed by atoms with Gasteiger partial charge in [-0.2, -0.15) is 9.25 Å². The molecule has 106 valence electrons. The van der Waals surface area contributed by atoms with Crippen LogP contribution in [0, 0.1) is 0 Å². The van der Waals surface area contributed by atoms with Crippen LogP contribution in [0.4, 0.5) is 0 Å². The first-order valence-electron chi connectivity index (χ1n) is 5.47. The van der Waals surface area contributed by atoms with Gasteiger partial charge in [-0.3, -0.25) is 5.14 Å². The molecule has 0 aliphatic carbocycles. The Morgan fingerprint density at radius 2 is 1.53 bits per heavy atom. The van der Waals surface area contributed by atoms with Crippen LogP contribution in [0.1, 0.15) is 6.42 Å². The molecular formula is C10H27NO3S2Si. The molecule has 0 unspecified atom stereocenters. The fourth-order valence-electron chi connectivity index (χ4n) is 2.30.